The van der Waals surface area contributed by atoms with Gasteiger partial charge in [-0.05, 0) is 36.0 Å². The molecule has 0 aromatic carbocycles. The van der Waals surface area contributed by atoms with E-state index in [0.29, 0.717) is 18.6 Å². The molecule has 0 unspecified atom stereocenters. The van der Waals surface area contributed by atoms with Gasteiger partial charge in [0.2, 0.25) is 5.91 Å². The zero-order chi connectivity index (χ0) is 23.4. The first-order chi connectivity index (χ1) is 14.3. The standard InChI is InChI=1S/C19H28FN5O.CH4O3S/c1-18(2)14(12-24-10-9-22-23-24)5-7-19(18,3)8-6-17(26)25-13-15(20)11-16(25)21-4;1-5(2,3)4/h9-10,14-16H,5-8,11-13H2,1-3H3;1H3,(H,2,3,4)/t14-,15-,16-,19+;/m0./s1. The highest BCUT2D eigenvalue weighted by atomic mass is 32.2. The van der Waals surface area contributed by atoms with E-state index in [9.17, 15) is 17.6 Å². The van der Waals surface area contributed by atoms with E-state index >= 15 is 0 Å². The number of halogens is 1. The maximum absolute atomic E-state index is 13.6. The molecule has 1 aromatic rings. The second kappa shape index (κ2) is 9.61. The fraction of sp³-hybridized carbons (Fsp3) is 0.800. The Balaban J connectivity index is 0.000000614. The predicted octanol–water partition coefficient (Wildman–Crippen LogP) is 2.82. The molecule has 4 atom stereocenters. The summed E-state index contributed by atoms with van der Waals surface area (Å²) in [6.45, 7) is 14.9. The molecule has 1 saturated carbocycles. The largest absolute Gasteiger partial charge is 0.303 e. The molecule has 2 fully saturated rings. The van der Waals surface area contributed by atoms with Crippen molar-refractivity contribution < 1.29 is 22.2 Å². The molecule has 1 amide bonds. The summed E-state index contributed by atoms with van der Waals surface area (Å²) in [6.07, 6.45) is 6.07. The Morgan fingerprint density at radius 3 is 2.58 bits per heavy atom. The van der Waals surface area contributed by atoms with Gasteiger partial charge in [-0.3, -0.25) is 23.8 Å². The Morgan fingerprint density at radius 2 is 2.03 bits per heavy atom. The third kappa shape index (κ3) is 6.46. The van der Waals surface area contributed by atoms with Gasteiger partial charge in [0.1, 0.15) is 6.17 Å². The van der Waals surface area contributed by atoms with Crippen molar-refractivity contribution in [1.82, 2.24) is 19.9 Å². The monoisotopic (exact) mass is 457 g/mol. The Kier molecular flexibility index (Phi) is 7.81. The zero-order valence-electron chi connectivity index (χ0n) is 18.5. The van der Waals surface area contributed by atoms with Gasteiger partial charge in [-0.15, -0.1) is 5.10 Å². The van der Waals surface area contributed by atoms with Crippen LogP contribution in [-0.2, 0) is 21.5 Å². The number of amides is 1. The van der Waals surface area contributed by atoms with Gasteiger partial charge in [-0.2, -0.15) is 8.42 Å². The van der Waals surface area contributed by atoms with Crippen molar-refractivity contribution in [1.29, 1.82) is 0 Å². The van der Waals surface area contributed by atoms with Crippen molar-refractivity contribution in [2.45, 2.75) is 71.8 Å². The summed E-state index contributed by atoms with van der Waals surface area (Å²) in [4.78, 5) is 17.5. The quantitative estimate of drug-likeness (QED) is 0.538. The van der Waals surface area contributed by atoms with Gasteiger partial charge < -0.3 is 0 Å². The maximum atomic E-state index is 13.6. The van der Waals surface area contributed by atoms with Crippen molar-refractivity contribution in [2.24, 2.45) is 16.7 Å². The van der Waals surface area contributed by atoms with E-state index in [1.807, 2.05) is 10.9 Å². The van der Waals surface area contributed by atoms with Crippen LogP contribution in [0.15, 0.2) is 12.4 Å². The van der Waals surface area contributed by atoms with Gasteiger partial charge >= 0.3 is 6.17 Å². The predicted molar refractivity (Wildman–Crippen MR) is 113 cm³/mol. The Hall–Kier alpha value is -2.06. The lowest BCUT2D eigenvalue weighted by molar-refractivity contribution is -0.132. The molecule has 1 aromatic heterocycles. The van der Waals surface area contributed by atoms with E-state index < -0.39 is 22.5 Å². The lowest BCUT2D eigenvalue weighted by Crippen LogP contribution is -2.38. The minimum Gasteiger partial charge on any atom is -0.289 e. The molecule has 1 saturated heterocycles. The molecular weight excluding hydrogens is 425 g/mol. The highest BCUT2D eigenvalue weighted by Crippen LogP contribution is 2.58. The van der Waals surface area contributed by atoms with Crippen LogP contribution in [0.3, 0.4) is 0 Å². The van der Waals surface area contributed by atoms with Crippen LogP contribution in [-0.4, -0.2) is 63.9 Å². The molecule has 2 heterocycles. The molecule has 31 heavy (non-hydrogen) atoms. The molecule has 0 bridgehead atoms. The molecule has 1 N–H and O–H groups in total. The van der Waals surface area contributed by atoms with Crippen LogP contribution in [0.5, 0.6) is 0 Å². The third-order valence-corrected chi connectivity index (χ3v) is 7.08. The molecule has 1 aliphatic heterocycles. The van der Waals surface area contributed by atoms with Crippen molar-refractivity contribution in [3.8, 4) is 0 Å². The molecule has 0 spiro atoms. The van der Waals surface area contributed by atoms with Crippen LogP contribution in [0.1, 0.15) is 52.9 Å². The minimum absolute atomic E-state index is 0.0380. The summed E-state index contributed by atoms with van der Waals surface area (Å²) in [5.74, 6) is 0.394. The molecule has 0 radical (unpaired) electrons. The topological polar surface area (TPSA) is 110 Å². The molecule has 174 valence electrons. The second-order valence-electron chi connectivity index (χ2n) is 9.36. The van der Waals surface area contributed by atoms with E-state index in [2.05, 4.69) is 35.9 Å². The van der Waals surface area contributed by atoms with Gasteiger partial charge in [0.15, 0.2) is 0 Å². The Morgan fingerprint density at radius 1 is 1.39 bits per heavy atom. The molecule has 9 nitrogen and oxygen atoms in total. The van der Waals surface area contributed by atoms with Crippen LogP contribution in [0.25, 0.3) is 4.85 Å². The number of nitrogens with zero attached hydrogens (tertiary/aromatic N) is 5. The van der Waals surface area contributed by atoms with Crippen LogP contribution in [0.4, 0.5) is 4.39 Å². The summed E-state index contributed by atoms with van der Waals surface area (Å²) < 4.78 is 41.3. The number of rotatable bonds is 5. The Labute approximate surface area is 183 Å². The summed E-state index contributed by atoms with van der Waals surface area (Å²) in [5, 5.41) is 7.97. The average Bonchev–Trinajstić information content (AvgIpc) is 3.34. The molecular formula is C20H32FN5O4S. The number of aromatic nitrogens is 3. The number of carbonyl (C=O) groups is 1. The number of carbonyl (C=O) groups excluding carboxylic acids is 1. The van der Waals surface area contributed by atoms with E-state index in [1.54, 1.807) is 6.20 Å². The summed E-state index contributed by atoms with van der Waals surface area (Å²) in [7, 11) is -3.67. The second-order valence-corrected chi connectivity index (χ2v) is 10.8. The van der Waals surface area contributed by atoms with Gasteiger partial charge in [0.05, 0.1) is 25.4 Å². The van der Waals surface area contributed by atoms with Crippen LogP contribution >= 0.6 is 0 Å². The van der Waals surface area contributed by atoms with E-state index in [4.69, 9.17) is 11.1 Å². The first-order valence-corrected chi connectivity index (χ1v) is 12.2. The highest BCUT2D eigenvalue weighted by Gasteiger charge is 2.51. The van der Waals surface area contributed by atoms with Crippen LogP contribution in [0, 0.1) is 23.3 Å². The first-order valence-electron chi connectivity index (χ1n) is 10.3. The van der Waals surface area contributed by atoms with Crippen molar-refractivity contribution in [2.75, 3.05) is 12.8 Å². The highest BCUT2D eigenvalue weighted by molar-refractivity contribution is 7.85. The summed E-state index contributed by atoms with van der Waals surface area (Å²) in [6, 6.07) is 0. The molecule has 1 aliphatic carbocycles. The van der Waals surface area contributed by atoms with Gasteiger partial charge in [-0.25, -0.2) is 11.0 Å². The van der Waals surface area contributed by atoms with Gasteiger partial charge in [0, 0.05) is 19.2 Å². The third-order valence-electron chi connectivity index (χ3n) is 7.08. The van der Waals surface area contributed by atoms with Gasteiger partial charge in [0.25, 0.3) is 10.1 Å². The zero-order valence-corrected chi connectivity index (χ0v) is 19.3. The van der Waals surface area contributed by atoms with Crippen LogP contribution < -0.4 is 0 Å². The molecule has 2 aliphatic rings. The van der Waals surface area contributed by atoms with Crippen molar-refractivity contribution >= 4 is 16.0 Å². The normalized spacial score (nSPS) is 29.8. The minimum atomic E-state index is -3.67. The lowest BCUT2D eigenvalue weighted by Gasteiger charge is -2.42. The first kappa shape index (κ1) is 25.2. The summed E-state index contributed by atoms with van der Waals surface area (Å²) >= 11 is 0. The number of hydrogen-bond acceptors (Lipinski definition) is 5. The molecule has 11 heteroatoms. The SMILES string of the molecule is CS(=O)(=O)O.[C-]#[N+][C@@H]1C[C@H](F)CN1C(=O)CC[C@@]1(C)CC[C@@H](Cn2ccnn2)C1(C)C. The van der Waals surface area contributed by atoms with E-state index in [1.165, 1.54) is 4.90 Å². The smallest absolute Gasteiger partial charge is 0.289 e. The lowest BCUT2D eigenvalue weighted by atomic mass is 9.63. The maximum Gasteiger partial charge on any atom is 0.303 e. The summed E-state index contributed by atoms with van der Waals surface area (Å²) in [5.41, 5.74) is 0.0996. The van der Waals surface area contributed by atoms with Crippen molar-refractivity contribution in [3.63, 3.8) is 0 Å². The number of hydrogen-bond donors (Lipinski definition) is 1. The molecule has 3 rings (SSSR count). The average molecular weight is 458 g/mol. The van der Waals surface area contributed by atoms with Crippen molar-refractivity contribution in [3.05, 3.63) is 23.8 Å². The fourth-order valence-corrected chi connectivity index (χ4v) is 4.67. The Bertz CT molecular complexity index is 891. The number of alkyl halides is 1. The fourth-order valence-electron chi connectivity index (χ4n) is 4.67. The van der Waals surface area contributed by atoms with E-state index in [-0.39, 0.29) is 29.7 Å². The van der Waals surface area contributed by atoms with Crippen LogP contribution in [0.2, 0.25) is 0 Å². The van der Waals surface area contributed by atoms with Gasteiger partial charge in [-0.1, -0.05) is 26.0 Å². The number of likely N-dealkylation sites (tertiary alicyclic amines) is 1. The van der Waals surface area contributed by atoms with E-state index in [0.717, 1.165) is 25.8 Å².